The first-order valence-electron chi connectivity index (χ1n) is 2.93. The zero-order valence-electron chi connectivity index (χ0n) is 5.31. The summed E-state index contributed by atoms with van der Waals surface area (Å²) < 4.78 is 0.700. The Labute approximate surface area is 75.9 Å². The fourth-order valence-electron chi connectivity index (χ4n) is 0.877. The van der Waals surface area contributed by atoms with Crippen molar-refractivity contribution in [1.82, 2.24) is 15.2 Å². The van der Waals surface area contributed by atoms with Gasteiger partial charge in [-0.1, -0.05) is 11.6 Å². The second-order valence-electron chi connectivity index (χ2n) is 2.03. The van der Waals surface area contributed by atoms with Gasteiger partial charge < -0.3 is 0 Å². The Hall–Kier alpha value is -0.610. The highest BCUT2D eigenvalue weighted by molar-refractivity contribution is 9.10. The molecule has 0 amide bonds. The number of fused-ring (bicyclic) bond motifs is 1. The number of nitrogens with zero attached hydrogens (tertiary/aromatic N) is 2. The molecule has 0 aliphatic heterocycles. The molecule has 2 aromatic heterocycles. The fraction of sp³-hybridized carbons (Fsp3) is 0. The van der Waals surface area contributed by atoms with Crippen LogP contribution in [0.3, 0.4) is 0 Å². The number of pyridine rings is 1. The van der Waals surface area contributed by atoms with Crippen molar-refractivity contribution in [3.05, 3.63) is 21.9 Å². The van der Waals surface area contributed by atoms with Crippen LogP contribution in [0.15, 0.2) is 16.9 Å². The molecule has 0 aromatic carbocycles. The molecule has 1 N–H and O–H groups in total. The van der Waals surface area contributed by atoms with E-state index in [0.29, 0.717) is 15.3 Å². The first-order valence-corrected chi connectivity index (χ1v) is 4.10. The van der Waals surface area contributed by atoms with Gasteiger partial charge in [-0.3, -0.25) is 5.10 Å². The van der Waals surface area contributed by atoms with E-state index in [9.17, 15) is 0 Å². The number of nitrogens with one attached hydrogen (secondary N) is 1. The van der Waals surface area contributed by atoms with Crippen molar-refractivity contribution in [1.29, 1.82) is 0 Å². The lowest BCUT2D eigenvalue weighted by Gasteiger charge is -1.89. The molecule has 2 rings (SSSR count). The van der Waals surface area contributed by atoms with Crippen molar-refractivity contribution < 1.29 is 0 Å². The number of H-pyrrole nitrogens is 1. The first kappa shape index (κ1) is 7.06. The summed E-state index contributed by atoms with van der Waals surface area (Å²) in [5.74, 6) is 0. The summed E-state index contributed by atoms with van der Waals surface area (Å²) in [6, 6.07) is 1.73. The summed E-state index contributed by atoms with van der Waals surface area (Å²) in [5.41, 5.74) is 0.698. The Morgan fingerprint density at radius 3 is 3.09 bits per heavy atom. The Morgan fingerprint density at radius 2 is 2.36 bits per heavy atom. The molecule has 0 saturated heterocycles. The quantitative estimate of drug-likeness (QED) is 0.758. The van der Waals surface area contributed by atoms with Crippen molar-refractivity contribution in [2.75, 3.05) is 0 Å². The van der Waals surface area contributed by atoms with Gasteiger partial charge in [0.05, 0.1) is 10.4 Å². The van der Waals surface area contributed by atoms with E-state index in [2.05, 4.69) is 31.1 Å². The molecule has 0 radical (unpaired) electrons. The molecule has 0 unspecified atom stereocenters. The molecule has 0 bridgehead atoms. The molecule has 56 valence electrons. The average molecular weight is 232 g/mol. The smallest absolute Gasteiger partial charge is 0.157 e. The number of halogens is 2. The van der Waals surface area contributed by atoms with Crippen LogP contribution in [0.4, 0.5) is 0 Å². The minimum absolute atomic E-state index is 0.649. The van der Waals surface area contributed by atoms with E-state index in [1.807, 2.05) is 0 Å². The fourth-order valence-corrected chi connectivity index (χ4v) is 1.72. The number of aromatic amines is 1. The zero-order chi connectivity index (χ0) is 7.84. The van der Waals surface area contributed by atoms with Crippen LogP contribution in [0.1, 0.15) is 0 Å². The predicted molar refractivity (Wildman–Crippen MR) is 46.6 cm³/mol. The highest BCUT2D eigenvalue weighted by atomic mass is 79.9. The molecule has 5 heteroatoms. The number of rotatable bonds is 0. The number of aromatic nitrogens is 3. The van der Waals surface area contributed by atoms with E-state index in [-0.39, 0.29) is 0 Å². The molecule has 0 aliphatic carbocycles. The van der Waals surface area contributed by atoms with Crippen molar-refractivity contribution in [3.63, 3.8) is 0 Å². The number of hydrogen-bond acceptors (Lipinski definition) is 2. The van der Waals surface area contributed by atoms with Gasteiger partial charge in [0.25, 0.3) is 0 Å². The Kier molecular flexibility index (Phi) is 1.58. The minimum Gasteiger partial charge on any atom is -0.260 e. The summed E-state index contributed by atoms with van der Waals surface area (Å²) in [7, 11) is 0. The molecule has 0 saturated carbocycles. The summed E-state index contributed by atoms with van der Waals surface area (Å²) in [6.07, 6.45) is 1.63. The topological polar surface area (TPSA) is 41.6 Å². The van der Waals surface area contributed by atoms with E-state index in [4.69, 9.17) is 11.6 Å². The molecule has 2 heterocycles. The van der Waals surface area contributed by atoms with Crippen LogP contribution in [0.5, 0.6) is 0 Å². The van der Waals surface area contributed by atoms with Gasteiger partial charge in [-0.15, -0.1) is 0 Å². The van der Waals surface area contributed by atoms with E-state index in [0.717, 1.165) is 5.39 Å². The van der Waals surface area contributed by atoms with Gasteiger partial charge in [-0.25, -0.2) is 4.98 Å². The lowest BCUT2D eigenvalue weighted by Crippen LogP contribution is -1.74. The average Bonchev–Trinajstić information content (AvgIpc) is 2.34. The zero-order valence-corrected chi connectivity index (χ0v) is 7.65. The van der Waals surface area contributed by atoms with Crippen LogP contribution in [-0.2, 0) is 0 Å². The molecule has 3 nitrogen and oxygen atoms in total. The highest BCUT2D eigenvalue weighted by Crippen LogP contribution is 2.26. The van der Waals surface area contributed by atoms with E-state index < -0.39 is 0 Å². The molecule has 0 fully saturated rings. The second-order valence-corrected chi connectivity index (χ2v) is 3.19. The van der Waals surface area contributed by atoms with Gasteiger partial charge in [0.2, 0.25) is 0 Å². The van der Waals surface area contributed by atoms with Gasteiger partial charge >= 0.3 is 0 Å². The van der Waals surface area contributed by atoms with E-state index in [1.54, 1.807) is 12.3 Å². The Morgan fingerprint density at radius 1 is 1.55 bits per heavy atom. The summed E-state index contributed by atoms with van der Waals surface area (Å²) >= 11 is 9.12. The number of hydrogen-bond donors (Lipinski definition) is 1. The predicted octanol–water partition coefficient (Wildman–Crippen LogP) is 2.37. The molecule has 0 aliphatic rings. The SMILES string of the molecule is Clc1ccnc2[nH]nc(Br)c12. The molecule has 0 atom stereocenters. The maximum atomic E-state index is 5.87. The lowest BCUT2D eigenvalue weighted by atomic mass is 10.4. The third-order valence-electron chi connectivity index (χ3n) is 1.37. The van der Waals surface area contributed by atoms with Gasteiger partial charge in [0.15, 0.2) is 5.65 Å². The minimum atomic E-state index is 0.649. The standard InChI is InChI=1S/C6H3BrClN3/c7-5-4-3(8)1-2-9-6(4)11-10-5/h1-2H,(H,9,10,11). The maximum Gasteiger partial charge on any atom is 0.157 e. The van der Waals surface area contributed by atoms with Crippen LogP contribution in [-0.4, -0.2) is 15.2 Å². The first-order chi connectivity index (χ1) is 5.29. The van der Waals surface area contributed by atoms with Gasteiger partial charge in [0.1, 0.15) is 4.60 Å². The monoisotopic (exact) mass is 231 g/mol. The van der Waals surface area contributed by atoms with Crippen molar-refractivity contribution in [2.45, 2.75) is 0 Å². The highest BCUT2D eigenvalue weighted by Gasteiger charge is 2.06. The Balaban J connectivity index is 2.96. The van der Waals surface area contributed by atoms with Crippen LogP contribution in [0.2, 0.25) is 5.02 Å². The van der Waals surface area contributed by atoms with Gasteiger partial charge in [0, 0.05) is 6.20 Å². The summed E-state index contributed by atoms with van der Waals surface area (Å²) in [4.78, 5) is 4.03. The normalized spacial score (nSPS) is 10.7. The summed E-state index contributed by atoms with van der Waals surface area (Å²) in [5, 5.41) is 8.11. The largest absolute Gasteiger partial charge is 0.260 e. The lowest BCUT2D eigenvalue weighted by molar-refractivity contribution is 1.08. The Bertz CT molecular complexity index is 398. The molecule has 11 heavy (non-hydrogen) atoms. The van der Waals surface area contributed by atoms with Crippen LogP contribution >= 0.6 is 27.5 Å². The van der Waals surface area contributed by atoms with Crippen molar-refractivity contribution in [2.24, 2.45) is 0 Å². The third kappa shape index (κ3) is 1.02. The van der Waals surface area contributed by atoms with E-state index in [1.165, 1.54) is 0 Å². The third-order valence-corrected chi connectivity index (χ3v) is 2.26. The van der Waals surface area contributed by atoms with Crippen LogP contribution < -0.4 is 0 Å². The van der Waals surface area contributed by atoms with Gasteiger partial charge in [-0.2, -0.15) is 5.10 Å². The van der Waals surface area contributed by atoms with E-state index >= 15 is 0 Å². The van der Waals surface area contributed by atoms with Crippen LogP contribution in [0, 0.1) is 0 Å². The van der Waals surface area contributed by atoms with Gasteiger partial charge in [-0.05, 0) is 22.0 Å². The second kappa shape index (κ2) is 2.46. The molecule has 2 aromatic rings. The molecular weight excluding hydrogens is 229 g/mol. The van der Waals surface area contributed by atoms with Crippen molar-refractivity contribution >= 4 is 38.6 Å². The summed E-state index contributed by atoms with van der Waals surface area (Å²) in [6.45, 7) is 0. The molecule has 0 spiro atoms. The maximum absolute atomic E-state index is 5.87. The van der Waals surface area contributed by atoms with Crippen molar-refractivity contribution in [3.8, 4) is 0 Å². The molecular formula is C6H3BrClN3. The van der Waals surface area contributed by atoms with Crippen LogP contribution in [0.25, 0.3) is 11.0 Å².